The summed E-state index contributed by atoms with van der Waals surface area (Å²) in [6.07, 6.45) is 1.92. The third kappa shape index (κ3) is 4.36. The lowest BCUT2D eigenvalue weighted by molar-refractivity contribution is -0.117. The molecule has 0 atom stereocenters. The van der Waals surface area contributed by atoms with Gasteiger partial charge < -0.3 is 15.5 Å². The quantitative estimate of drug-likeness (QED) is 0.362. The lowest BCUT2D eigenvalue weighted by Crippen LogP contribution is -2.26. The normalized spacial score (nSPS) is 12.5. The van der Waals surface area contributed by atoms with Gasteiger partial charge in [0, 0.05) is 41.0 Å². The number of nitrogens with one attached hydrogen (secondary N) is 2. The van der Waals surface area contributed by atoms with Crippen LogP contribution in [0, 0.1) is 0 Å². The van der Waals surface area contributed by atoms with Gasteiger partial charge in [-0.05, 0) is 48.5 Å². The van der Waals surface area contributed by atoms with E-state index < -0.39 is 0 Å². The van der Waals surface area contributed by atoms with Gasteiger partial charge in [0.15, 0.2) is 0 Å². The molecule has 0 aliphatic carbocycles. The lowest BCUT2D eigenvalue weighted by atomic mass is 10.1. The number of para-hydroxylation sites is 2. The van der Waals surface area contributed by atoms with E-state index in [-0.39, 0.29) is 18.2 Å². The van der Waals surface area contributed by atoms with Crippen LogP contribution in [0.3, 0.4) is 0 Å². The Kier molecular flexibility index (Phi) is 5.54. The van der Waals surface area contributed by atoms with E-state index in [0.29, 0.717) is 17.3 Å². The van der Waals surface area contributed by atoms with Crippen molar-refractivity contribution in [2.75, 3.05) is 22.6 Å². The number of hydrogen-bond donors (Lipinski definition) is 2. The monoisotopic (exact) mass is 486 g/mol. The molecule has 0 unspecified atom stereocenters. The number of benzene rings is 3. The molecule has 180 valence electrons. The van der Waals surface area contributed by atoms with Crippen LogP contribution in [0.2, 0.25) is 0 Å². The summed E-state index contributed by atoms with van der Waals surface area (Å²) < 4.78 is 0. The Morgan fingerprint density at radius 3 is 2.54 bits per heavy atom. The number of carbonyl (C=O) groups is 2. The second kappa shape index (κ2) is 9.16. The number of anilines is 4. The second-order valence-corrected chi connectivity index (χ2v) is 8.76. The number of aromatic nitrogens is 3. The first-order valence-electron chi connectivity index (χ1n) is 11.8. The van der Waals surface area contributed by atoms with E-state index in [0.717, 1.165) is 39.1 Å². The summed E-state index contributed by atoms with van der Waals surface area (Å²) in [5.74, 6) is 0.640. The molecule has 2 amide bonds. The van der Waals surface area contributed by atoms with Crippen LogP contribution in [0.15, 0.2) is 91.1 Å². The van der Waals surface area contributed by atoms with Gasteiger partial charge in [0.2, 0.25) is 11.9 Å². The SMILES string of the molecule is CN1C(=O)Cc2cnc(Nc3ccc(C(=O)Nc4ccc5ccccc5n4)cc3)nc2-c2ccccc21. The standard InChI is InChI=1S/C29H22N6O2/c1-35-24-9-5-3-7-22(24)27-20(16-26(35)36)17-30-29(34-27)31-21-13-10-19(11-14-21)28(37)33-25-15-12-18-6-2-4-8-23(18)32-25/h2-15,17H,16H2,1H3,(H,30,31,34)(H,32,33,37). The molecule has 0 radical (unpaired) electrons. The molecule has 37 heavy (non-hydrogen) atoms. The Labute approximate surface area is 213 Å². The first kappa shape index (κ1) is 22.4. The van der Waals surface area contributed by atoms with Crippen LogP contribution in [-0.4, -0.2) is 33.8 Å². The van der Waals surface area contributed by atoms with Crippen LogP contribution in [-0.2, 0) is 11.2 Å². The Bertz CT molecular complexity index is 1670. The third-order valence-electron chi connectivity index (χ3n) is 6.34. The maximum Gasteiger partial charge on any atom is 0.256 e. The zero-order valence-electron chi connectivity index (χ0n) is 20.0. The summed E-state index contributed by atoms with van der Waals surface area (Å²) in [5, 5.41) is 7.06. The average Bonchev–Trinajstić information content (AvgIpc) is 3.03. The second-order valence-electron chi connectivity index (χ2n) is 8.76. The van der Waals surface area contributed by atoms with E-state index in [4.69, 9.17) is 4.98 Å². The number of fused-ring (bicyclic) bond motifs is 4. The molecule has 5 aromatic rings. The fourth-order valence-corrected chi connectivity index (χ4v) is 4.37. The summed E-state index contributed by atoms with van der Waals surface area (Å²) in [6.45, 7) is 0. The highest BCUT2D eigenvalue weighted by atomic mass is 16.2. The molecule has 2 N–H and O–H groups in total. The van der Waals surface area contributed by atoms with Crippen LogP contribution in [0.25, 0.3) is 22.2 Å². The first-order valence-corrected chi connectivity index (χ1v) is 11.8. The van der Waals surface area contributed by atoms with Crippen molar-refractivity contribution in [1.29, 1.82) is 0 Å². The molecule has 0 saturated heterocycles. The molecule has 6 rings (SSSR count). The number of rotatable bonds is 4. The van der Waals surface area contributed by atoms with Gasteiger partial charge in [-0.15, -0.1) is 0 Å². The van der Waals surface area contributed by atoms with E-state index in [1.165, 1.54) is 0 Å². The molecule has 3 aromatic carbocycles. The zero-order valence-corrected chi connectivity index (χ0v) is 20.0. The Morgan fingerprint density at radius 1 is 0.892 bits per heavy atom. The van der Waals surface area contributed by atoms with Crippen molar-refractivity contribution in [2.45, 2.75) is 6.42 Å². The van der Waals surface area contributed by atoms with Gasteiger partial charge in [-0.25, -0.2) is 15.0 Å². The first-order chi connectivity index (χ1) is 18.0. The van der Waals surface area contributed by atoms with E-state index in [1.54, 1.807) is 48.5 Å². The van der Waals surface area contributed by atoms with E-state index in [1.807, 2.05) is 54.6 Å². The highest BCUT2D eigenvalue weighted by molar-refractivity contribution is 6.04. The van der Waals surface area contributed by atoms with Gasteiger partial charge in [-0.3, -0.25) is 9.59 Å². The van der Waals surface area contributed by atoms with Crippen molar-refractivity contribution in [3.63, 3.8) is 0 Å². The molecule has 1 aliphatic heterocycles. The van der Waals surface area contributed by atoms with Crippen LogP contribution in [0.4, 0.5) is 23.1 Å². The maximum atomic E-state index is 12.8. The van der Waals surface area contributed by atoms with Crippen LogP contribution >= 0.6 is 0 Å². The highest BCUT2D eigenvalue weighted by Crippen LogP contribution is 2.35. The van der Waals surface area contributed by atoms with Crippen LogP contribution < -0.4 is 15.5 Å². The number of carbonyl (C=O) groups excluding carboxylic acids is 2. The Balaban J connectivity index is 1.21. The number of hydrogen-bond acceptors (Lipinski definition) is 6. The van der Waals surface area contributed by atoms with Gasteiger partial charge in [0.1, 0.15) is 5.82 Å². The third-order valence-corrected chi connectivity index (χ3v) is 6.34. The molecule has 0 bridgehead atoms. The zero-order chi connectivity index (χ0) is 25.4. The van der Waals surface area contributed by atoms with Crippen molar-refractivity contribution in [2.24, 2.45) is 0 Å². The van der Waals surface area contributed by atoms with Crippen molar-refractivity contribution in [3.8, 4) is 11.3 Å². The largest absolute Gasteiger partial charge is 0.324 e. The average molecular weight is 487 g/mol. The summed E-state index contributed by atoms with van der Waals surface area (Å²) >= 11 is 0. The van der Waals surface area contributed by atoms with Crippen molar-refractivity contribution >= 4 is 45.9 Å². The molecule has 8 heteroatoms. The molecule has 0 spiro atoms. The number of amides is 2. The number of nitrogens with zero attached hydrogens (tertiary/aromatic N) is 4. The van der Waals surface area contributed by atoms with Gasteiger partial charge >= 0.3 is 0 Å². The molecular formula is C29H22N6O2. The summed E-state index contributed by atoms with van der Waals surface area (Å²) in [5.41, 5.74) is 5.25. The number of pyridine rings is 1. The maximum absolute atomic E-state index is 12.8. The molecule has 1 aliphatic rings. The van der Waals surface area contributed by atoms with Crippen LogP contribution in [0.5, 0.6) is 0 Å². The van der Waals surface area contributed by atoms with E-state index in [2.05, 4.69) is 20.6 Å². The van der Waals surface area contributed by atoms with Crippen molar-refractivity contribution in [1.82, 2.24) is 15.0 Å². The minimum atomic E-state index is -0.249. The molecular weight excluding hydrogens is 464 g/mol. The predicted molar refractivity (Wildman–Crippen MR) is 144 cm³/mol. The van der Waals surface area contributed by atoms with Gasteiger partial charge in [-0.2, -0.15) is 0 Å². The van der Waals surface area contributed by atoms with Gasteiger partial charge in [0.25, 0.3) is 5.91 Å². The van der Waals surface area contributed by atoms with Crippen LogP contribution in [0.1, 0.15) is 15.9 Å². The smallest absolute Gasteiger partial charge is 0.256 e. The minimum Gasteiger partial charge on any atom is -0.324 e. The summed E-state index contributed by atoms with van der Waals surface area (Å²) in [6, 6.07) is 26.2. The molecule has 0 fully saturated rings. The fourth-order valence-electron chi connectivity index (χ4n) is 4.37. The van der Waals surface area contributed by atoms with Crippen molar-refractivity contribution in [3.05, 3.63) is 102 Å². The topological polar surface area (TPSA) is 100 Å². The highest BCUT2D eigenvalue weighted by Gasteiger charge is 2.24. The van der Waals surface area contributed by atoms with E-state index in [9.17, 15) is 9.59 Å². The van der Waals surface area contributed by atoms with Gasteiger partial charge in [-0.1, -0.05) is 36.4 Å². The van der Waals surface area contributed by atoms with E-state index >= 15 is 0 Å². The Morgan fingerprint density at radius 2 is 1.68 bits per heavy atom. The molecule has 3 heterocycles. The molecule has 2 aromatic heterocycles. The Hall–Kier alpha value is -5.11. The summed E-state index contributed by atoms with van der Waals surface area (Å²) in [4.78, 5) is 40.6. The molecule has 8 nitrogen and oxygen atoms in total. The van der Waals surface area contributed by atoms with Crippen molar-refractivity contribution < 1.29 is 9.59 Å². The minimum absolute atomic E-state index is 0.0109. The number of likely N-dealkylation sites (N-methyl/N-ethyl adjacent to an activating group) is 1. The lowest BCUT2D eigenvalue weighted by Gasteiger charge is -2.16. The fraction of sp³-hybridized carbons (Fsp3) is 0.0690. The predicted octanol–water partition coefficient (Wildman–Crippen LogP) is 5.21. The summed E-state index contributed by atoms with van der Waals surface area (Å²) in [7, 11) is 1.77. The van der Waals surface area contributed by atoms with Gasteiger partial charge in [0.05, 0.1) is 23.3 Å². The molecule has 0 saturated carbocycles.